The van der Waals surface area contributed by atoms with Crippen molar-refractivity contribution in [3.8, 4) is 0 Å². The van der Waals surface area contributed by atoms with Gasteiger partial charge >= 0.3 is 21.1 Å². The minimum absolute atomic E-state index is 0. The summed E-state index contributed by atoms with van der Waals surface area (Å²) in [7, 11) is 0. The average molecular weight is 1670 g/mol. The van der Waals surface area contributed by atoms with Gasteiger partial charge in [0.05, 0.1) is 0 Å². The molecule has 0 bridgehead atoms. The summed E-state index contributed by atoms with van der Waals surface area (Å²) in [5.41, 5.74) is 16.3. The Balaban J connectivity index is 0.00000137. The summed E-state index contributed by atoms with van der Waals surface area (Å²) in [5, 5.41) is 13.0. The monoisotopic (exact) mass is 1670 g/mol. The van der Waals surface area contributed by atoms with Gasteiger partial charge in [-0.15, -0.1) is 0 Å². The molecular formula is C92H152MoN4S8. The molecule has 0 heterocycles. The summed E-state index contributed by atoms with van der Waals surface area (Å²) < 4.78 is 1.80. The fraction of sp³-hybridized carbons (Fsp3) is 0.696. The number of rotatable bonds is 60. The Labute approximate surface area is 707 Å². The van der Waals surface area contributed by atoms with E-state index < -0.39 is 0 Å². The number of unbranched alkanes of at least 4 members (excludes halogenated alkanes) is 40. The van der Waals surface area contributed by atoms with Crippen LogP contribution in [-0.2, 0) is 123 Å². The van der Waals surface area contributed by atoms with Crippen molar-refractivity contribution in [1.82, 2.24) is 0 Å². The van der Waals surface area contributed by atoms with Crippen LogP contribution in [0.15, 0.2) is 72.8 Å². The van der Waals surface area contributed by atoms with Crippen LogP contribution in [0, 0.1) is 0 Å². The van der Waals surface area contributed by atoms with Crippen molar-refractivity contribution in [3.05, 3.63) is 117 Å². The molecule has 0 spiro atoms. The number of hydrogen-bond acceptors (Lipinski definition) is 8. The molecule has 4 nitrogen and oxygen atoms in total. The van der Waals surface area contributed by atoms with Gasteiger partial charge < -0.3 is 121 Å². The second kappa shape index (κ2) is 74.7. The van der Waals surface area contributed by atoms with Gasteiger partial charge in [-0.05, 0) is 172 Å². The van der Waals surface area contributed by atoms with Gasteiger partial charge in [-0.2, -0.15) is 0 Å². The third kappa shape index (κ3) is 56.8. The molecule has 0 aliphatic heterocycles. The van der Waals surface area contributed by atoms with E-state index >= 15 is 0 Å². The Hall–Kier alpha value is -1.99. The van der Waals surface area contributed by atoms with Crippen LogP contribution in [0.3, 0.4) is 0 Å². The van der Waals surface area contributed by atoms with Crippen molar-refractivity contribution < 1.29 is 21.1 Å². The quantitative estimate of drug-likeness (QED) is 0.0147. The summed E-state index contributed by atoms with van der Waals surface area (Å²) in [5.74, 6) is 0. The van der Waals surface area contributed by atoms with Crippen molar-refractivity contribution in [1.29, 1.82) is 0 Å². The van der Waals surface area contributed by atoms with Gasteiger partial charge in [-0.25, -0.2) is 0 Å². The molecule has 4 aromatic rings. The minimum atomic E-state index is 0. The first-order chi connectivity index (χ1) is 50.7. The molecule has 0 aliphatic carbocycles. The van der Waals surface area contributed by atoms with Crippen LogP contribution in [0.4, 0.5) is 22.7 Å². The van der Waals surface area contributed by atoms with Gasteiger partial charge in [0, 0.05) is 22.7 Å². The smallest absolute Gasteiger partial charge is 0.411 e. The molecule has 0 amide bonds. The van der Waals surface area contributed by atoms with Crippen molar-refractivity contribution in [3.63, 3.8) is 0 Å². The fourth-order valence-corrected chi connectivity index (χ4v) is 15.2. The zero-order valence-electron chi connectivity index (χ0n) is 68.2. The first kappa shape index (κ1) is 103. The molecule has 594 valence electrons. The molecule has 0 atom stereocenters. The Bertz CT molecular complexity index is 2370. The van der Waals surface area contributed by atoms with Crippen molar-refractivity contribution >= 4 is 139 Å². The maximum Gasteiger partial charge on any atom is 4.00 e. The standard InChI is InChI=1S/4C23H39NS2.Mo/c4*1-3-5-7-9-11-13-16-20-17-15-19-22(24-23(25)26)21(20)18-14-12-10-8-6-4-2;/h4*15,17,19H,3-14,16,18H2,1-2H3,(H2,24,25,26);/q;;;;+4/p-4. The molecule has 0 fully saturated rings. The molecule has 105 heavy (non-hydrogen) atoms. The van der Waals surface area contributed by atoms with Crippen LogP contribution in [0.1, 0.15) is 408 Å². The Morgan fingerprint density at radius 1 is 0.210 bits per heavy atom. The van der Waals surface area contributed by atoms with Crippen LogP contribution in [0.2, 0.25) is 0 Å². The number of thiocarbonyl (C=S) groups is 4. The van der Waals surface area contributed by atoms with E-state index in [-0.39, 0.29) is 21.1 Å². The van der Waals surface area contributed by atoms with Crippen molar-refractivity contribution in [2.45, 2.75) is 415 Å². The van der Waals surface area contributed by atoms with E-state index in [1.54, 1.807) is 0 Å². The Morgan fingerprint density at radius 2 is 0.343 bits per heavy atom. The van der Waals surface area contributed by atoms with Gasteiger partial charge in [-0.3, -0.25) is 0 Å². The summed E-state index contributed by atoms with van der Waals surface area (Å²) in [4.78, 5) is 0. The van der Waals surface area contributed by atoms with E-state index in [2.05, 4.69) is 149 Å². The molecule has 0 aromatic heterocycles. The third-order valence-corrected chi connectivity index (χ3v) is 21.2. The average Bonchev–Trinajstić information content (AvgIpc) is 0.872. The summed E-state index contributed by atoms with van der Waals surface area (Å²) in [6.07, 6.45) is 73.5. The summed E-state index contributed by atoms with van der Waals surface area (Å²) in [6, 6.07) is 26.3. The SMILES string of the molecule is CCCCCCCCc1cccc(NC(=S)[S-])c1CCCCCCCC.CCCCCCCCc1cccc(NC(=S)[S-])c1CCCCCCCC.CCCCCCCCc1cccc(NC(=S)[S-])c1CCCCCCCC.CCCCCCCCc1cccc(NC(=S)[S-])c1CCCCCCCC.[Mo+4]. The van der Waals surface area contributed by atoms with E-state index in [0.717, 1.165) is 48.4 Å². The Morgan fingerprint density at radius 3 is 0.486 bits per heavy atom. The summed E-state index contributed by atoms with van der Waals surface area (Å²) >= 11 is 40.9. The second-order valence-corrected chi connectivity index (χ2v) is 33.9. The van der Waals surface area contributed by atoms with E-state index in [0.29, 0.717) is 17.3 Å². The topological polar surface area (TPSA) is 48.1 Å². The maximum atomic E-state index is 5.11. The van der Waals surface area contributed by atoms with E-state index in [4.69, 9.17) is 99.4 Å². The van der Waals surface area contributed by atoms with Gasteiger partial charge in [0.1, 0.15) is 0 Å². The second-order valence-electron chi connectivity index (χ2n) is 29.6. The number of benzene rings is 4. The van der Waals surface area contributed by atoms with Gasteiger partial charge in [-0.1, -0.05) is 378 Å². The predicted octanol–water partition coefficient (Wildman–Crippen LogP) is 30.9. The first-order valence-corrected chi connectivity index (χ1v) is 46.4. The molecule has 0 unspecified atom stereocenters. The zero-order chi connectivity index (χ0) is 76.1. The van der Waals surface area contributed by atoms with Crippen LogP contribution in [-0.4, -0.2) is 17.3 Å². The zero-order valence-corrected chi connectivity index (χ0v) is 76.7. The van der Waals surface area contributed by atoms with Crippen LogP contribution in [0.5, 0.6) is 0 Å². The van der Waals surface area contributed by atoms with Crippen LogP contribution < -0.4 is 21.3 Å². The number of nitrogens with one attached hydrogen (secondary N) is 4. The van der Waals surface area contributed by atoms with Crippen LogP contribution in [0.25, 0.3) is 0 Å². The van der Waals surface area contributed by atoms with E-state index in [1.807, 2.05) is 0 Å². The molecule has 0 saturated carbocycles. The first-order valence-electron chi connectivity index (χ1n) is 43.1. The normalized spacial score (nSPS) is 10.7. The molecular weight excluding hydrogens is 1510 g/mol. The van der Waals surface area contributed by atoms with E-state index in [1.165, 1.54) is 378 Å². The number of aryl methyl sites for hydroxylation is 4. The molecule has 0 saturated heterocycles. The Kier molecular flexibility index (Phi) is 73.3. The number of hydrogen-bond donors (Lipinski definition) is 4. The van der Waals surface area contributed by atoms with Crippen molar-refractivity contribution in [2.75, 3.05) is 21.3 Å². The molecule has 13 heteroatoms. The largest absolute Gasteiger partial charge is 4.00 e. The van der Waals surface area contributed by atoms with E-state index in [9.17, 15) is 0 Å². The molecule has 4 rings (SSSR count). The van der Waals surface area contributed by atoms with Gasteiger partial charge in [0.2, 0.25) is 0 Å². The number of anilines is 4. The molecule has 4 aromatic carbocycles. The van der Waals surface area contributed by atoms with Gasteiger partial charge in [0.25, 0.3) is 0 Å². The summed E-state index contributed by atoms with van der Waals surface area (Å²) in [6.45, 7) is 18.2. The maximum absolute atomic E-state index is 5.11. The van der Waals surface area contributed by atoms with Crippen LogP contribution >= 0.6 is 48.9 Å². The minimum Gasteiger partial charge on any atom is -0.411 e. The van der Waals surface area contributed by atoms with Crippen molar-refractivity contribution in [2.24, 2.45) is 0 Å². The molecule has 0 aliphatic rings. The van der Waals surface area contributed by atoms with Gasteiger partial charge in [0.15, 0.2) is 0 Å². The third-order valence-electron chi connectivity index (χ3n) is 20.4. The molecule has 4 N–H and O–H groups in total. The molecule has 0 radical (unpaired) electrons. The fourth-order valence-electron chi connectivity index (χ4n) is 14.3. The predicted molar refractivity (Wildman–Crippen MR) is 497 cm³/mol.